The predicted molar refractivity (Wildman–Crippen MR) is 80.1 cm³/mol. The Morgan fingerprint density at radius 1 is 1.25 bits per heavy atom. The third-order valence-corrected chi connectivity index (χ3v) is 4.06. The van der Waals surface area contributed by atoms with Crippen LogP contribution in [0.2, 0.25) is 5.02 Å². The van der Waals surface area contributed by atoms with E-state index in [4.69, 9.17) is 17.3 Å². The Morgan fingerprint density at radius 3 is 2.90 bits per heavy atom. The van der Waals surface area contributed by atoms with E-state index in [0.29, 0.717) is 0 Å². The van der Waals surface area contributed by atoms with Gasteiger partial charge in [-0.3, -0.25) is 4.90 Å². The van der Waals surface area contributed by atoms with E-state index >= 15 is 0 Å². The molecule has 2 nitrogen and oxygen atoms in total. The first kappa shape index (κ1) is 13.4. The molecule has 20 heavy (non-hydrogen) atoms. The minimum atomic E-state index is -0.368. The van der Waals surface area contributed by atoms with Crippen LogP contribution in [0, 0.1) is 5.82 Å². The van der Waals surface area contributed by atoms with Gasteiger partial charge in [-0.15, -0.1) is 0 Å². The summed E-state index contributed by atoms with van der Waals surface area (Å²) in [6, 6.07) is 11.0. The highest BCUT2D eigenvalue weighted by molar-refractivity contribution is 6.30. The Morgan fingerprint density at radius 2 is 2.10 bits per heavy atom. The normalized spacial score (nSPS) is 15.1. The molecular formula is C16H16ClFN2. The van der Waals surface area contributed by atoms with Gasteiger partial charge in [-0.1, -0.05) is 29.8 Å². The molecule has 4 heteroatoms. The molecule has 0 aliphatic carbocycles. The van der Waals surface area contributed by atoms with Gasteiger partial charge in [-0.25, -0.2) is 4.39 Å². The Balaban J connectivity index is 1.76. The molecule has 2 aromatic rings. The van der Waals surface area contributed by atoms with Crippen molar-refractivity contribution in [3.05, 3.63) is 63.9 Å². The Kier molecular flexibility index (Phi) is 3.64. The number of halogens is 2. The molecule has 0 spiro atoms. The zero-order valence-corrected chi connectivity index (χ0v) is 11.8. The van der Waals surface area contributed by atoms with Crippen molar-refractivity contribution >= 4 is 17.3 Å². The standard InChI is InChI=1S/C16H16ClFN2/c17-14-8-11(4-5-15(14)18)9-20-7-6-13-12(10-20)2-1-3-16(13)19/h1-5,8H,6-7,9-10,19H2. The van der Waals surface area contributed by atoms with Gasteiger partial charge in [0.25, 0.3) is 0 Å². The molecular weight excluding hydrogens is 275 g/mol. The topological polar surface area (TPSA) is 29.3 Å². The zero-order chi connectivity index (χ0) is 14.1. The van der Waals surface area contributed by atoms with Crippen LogP contribution in [-0.2, 0) is 19.5 Å². The lowest BCUT2D eigenvalue weighted by Crippen LogP contribution is -2.30. The number of nitrogens with two attached hydrogens (primary N) is 1. The largest absolute Gasteiger partial charge is 0.398 e. The first-order valence-corrected chi connectivity index (χ1v) is 7.04. The van der Waals surface area contributed by atoms with Gasteiger partial charge in [0.15, 0.2) is 0 Å². The van der Waals surface area contributed by atoms with Crippen molar-refractivity contribution in [1.82, 2.24) is 4.90 Å². The maximum Gasteiger partial charge on any atom is 0.141 e. The van der Waals surface area contributed by atoms with E-state index in [2.05, 4.69) is 11.0 Å². The molecule has 2 aromatic carbocycles. The molecule has 0 amide bonds. The van der Waals surface area contributed by atoms with Crippen molar-refractivity contribution in [1.29, 1.82) is 0 Å². The molecule has 2 N–H and O–H groups in total. The van der Waals surface area contributed by atoms with E-state index in [1.165, 1.54) is 17.2 Å². The highest BCUT2D eigenvalue weighted by Crippen LogP contribution is 2.25. The predicted octanol–water partition coefficient (Wildman–Crippen LogP) is 3.62. The molecule has 1 aliphatic heterocycles. The van der Waals surface area contributed by atoms with E-state index in [9.17, 15) is 4.39 Å². The van der Waals surface area contributed by atoms with Crippen LogP contribution in [0.5, 0.6) is 0 Å². The Hall–Kier alpha value is -1.58. The second-order valence-corrected chi connectivity index (χ2v) is 5.60. The average Bonchev–Trinajstić information content (AvgIpc) is 2.43. The summed E-state index contributed by atoms with van der Waals surface area (Å²) in [5.74, 6) is -0.368. The minimum Gasteiger partial charge on any atom is -0.398 e. The molecule has 0 unspecified atom stereocenters. The fourth-order valence-corrected chi connectivity index (χ4v) is 2.93. The first-order chi connectivity index (χ1) is 9.63. The molecule has 104 valence electrons. The van der Waals surface area contributed by atoms with Crippen molar-refractivity contribution in [2.75, 3.05) is 12.3 Å². The number of anilines is 1. The van der Waals surface area contributed by atoms with Crippen LogP contribution in [0.3, 0.4) is 0 Å². The lowest BCUT2D eigenvalue weighted by Gasteiger charge is -2.29. The lowest BCUT2D eigenvalue weighted by atomic mass is 9.97. The molecule has 0 bridgehead atoms. The smallest absolute Gasteiger partial charge is 0.141 e. The van der Waals surface area contributed by atoms with E-state index < -0.39 is 0 Å². The van der Waals surface area contributed by atoms with Crippen LogP contribution >= 0.6 is 11.6 Å². The SMILES string of the molecule is Nc1cccc2c1CCN(Cc1ccc(F)c(Cl)c1)C2. The molecule has 3 rings (SSSR count). The van der Waals surface area contributed by atoms with Gasteiger partial charge in [0.05, 0.1) is 5.02 Å². The molecule has 0 atom stereocenters. The summed E-state index contributed by atoms with van der Waals surface area (Å²) in [4.78, 5) is 2.32. The highest BCUT2D eigenvalue weighted by Gasteiger charge is 2.18. The monoisotopic (exact) mass is 290 g/mol. The third kappa shape index (κ3) is 2.65. The zero-order valence-electron chi connectivity index (χ0n) is 11.1. The summed E-state index contributed by atoms with van der Waals surface area (Å²) in [6.07, 6.45) is 0.955. The van der Waals surface area contributed by atoms with Crippen molar-refractivity contribution in [2.24, 2.45) is 0 Å². The summed E-state index contributed by atoms with van der Waals surface area (Å²) in [6.45, 7) is 2.60. The fraction of sp³-hybridized carbons (Fsp3) is 0.250. The molecule has 0 saturated carbocycles. The fourth-order valence-electron chi connectivity index (χ4n) is 2.73. The van der Waals surface area contributed by atoms with Gasteiger partial charge < -0.3 is 5.73 Å². The van der Waals surface area contributed by atoms with Crippen molar-refractivity contribution in [3.63, 3.8) is 0 Å². The van der Waals surface area contributed by atoms with E-state index in [1.54, 1.807) is 12.1 Å². The van der Waals surface area contributed by atoms with Crippen LogP contribution in [0.1, 0.15) is 16.7 Å². The van der Waals surface area contributed by atoms with Crippen LogP contribution in [0.15, 0.2) is 36.4 Å². The van der Waals surface area contributed by atoms with Gasteiger partial charge in [0.1, 0.15) is 5.82 Å². The second kappa shape index (κ2) is 5.43. The second-order valence-electron chi connectivity index (χ2n) is 5.19. The quantitative estimate of drug-likeness (QED) is 0.856. The molecule has 1 heterocycles. The van der Waals surface area contributed by atoms with Crippen molar-refractivity contribution in [3.8, 4) is 0 Å². The maximum atomic E-state index is 13.2. The van der Waals surface area contributed by atoms with Crippen LogP contribution in [0.4, 0.5) is 10.1 Å². The number of benzene rings is 2. The van der Waals surface area contributed by atoms with Crippen LogP contribution < -0.4 is 5.73 Å². The molecule has 0 saturated heterocycles. The highest BCUT2D eigenvalue weighted by atomic mass is 35.5. The minimum absolute atomic E-state index is 0.184. The number of hydrogen-bond acceptors (Lipinski definition) is 2. The Labute approximate surface area is 123 Å². The maximum absolute atomic E-state index is 13.2. The average molecular weight is 291 g/mol. The number of hydrogen-bond donors (Lipinski definition) is 1. The molecule has 0 radical (unpaired) electrons. The number of nitrogens with zero attached hydrogens (tertiary/aromatic N) is 1. The van der Waals surface area contributed by atoms with Gasteiger partial charge in [-0.2, -0.15) is 0 Å². The van der Waals surface area contributed by atoms with Crippen molar-refractivity contribution in [2.45, 2.75) is 19.5 Å². The number of fused-ring (bicyclic) bond motifs is 1. The summed E-state index contributed by atoms with van der Waals surface area (Å²) < 4.78 is 13.2. The first-order valence-electron chi connectivity index (χ1n) is 6.66. The molecule has 1 aliphatic rings. The number of rotatable bonds is 2. The van der Waals surface area contributed by atoms with Crippen molar-refractivity contribution < 1.29 is 4.39 Å². The molecule has 0 aromatic heterocycles. The van der Waals surface area contributed by atoms with E-state index in [-0.39, 0.29) is 10.8 Å². The molecule has 0 fully saturated rings. The van der Waals surface area contributed by atoms with Gasteiger partial charge >= 0.3 is 0 Å². The van der Waals surface area contributed by atoms with Gasteiger partial charge in [0.2, 0.25) is 0 Å². The number of nitrogen functional groups attached to an aromatic ring is 1. The van der Waals surface area contributed by atoms with Crippen LogP contribution in [0.25, 0.3) is 0 Å². The lowest BCUT2D eigenvalue weighted by molar-refractivity contribution is 0.246. The summed E-state index contributed by atoms with van der Waals surface area (Å²) in [5.41, 5.74) is 10.5. The van der Waals surface area contributed by atoms with Gasteiger partial charge in [0, 0.05) is 25.3 Å². The summed E-state index contributed by atoms with van der Waals surface area (Å²) in [7, 11) is 0. The van der Waals surface area contributed by atoms with Gasteiger partial charge in [-0.05, 0) is 41.3 Å². The van der Waals surface area contributed by atoms with Crippen LogP contribution in [-0.4, -0.2) is 11.4 Å². The van der Waals surface area contributed by atoms with E-state index in [0.717, 1.165) is 37.3 Å². The summed E-state index contributed by atoms with van der Waals surface area (Å²) >= 11 is 5.82. The third-order valence-electron chi connectivity index (χ3n) is 3.77. The Bertz CT molecular complexity index is 642. The summed E-state index contributed by atoms with van der Waals surface area (Å²) in [5, 5.41) is 0.184. The van der Waals surface area contributed by atoms with E-state index in [1.807, 2.05) is 12.1 Å².